The number of piperazine rings is 1. The number of rotatable bonds is 8. The van der Waals surface area contributed by atoms with Crippen LogP contribution in [-0.2, 0) is 6.54 Å². The number of hydrogen-bond donors (Lipinski definition) is 1. The number of benzene rings is 1. The minimum atomic E-state index is -0.0131. The summed E-state index contributed by atoms with van der Waals surface area (Å²) >= 11 is 0. The Morgan fingerprint density at radius 1 is 0.979 bits per heavy atom. The first-order valence-corrected chi connectivity index (χ1v) is 17.2. The molecule has 0 unspecified atom stereocenters. The van der Waals surface area contributed by atoms with Crippen molar-refractivity contribution in [1.82, 2.24) is 34.2 Å². The van der Waals surface area contributed by atoms with Gasteiger partial charge in [0.2, 0.25) is 5.95 Å². The fourth-order valence-electron chi connectivity index (χ4n) is 7.94. The molecule has 1 aliphatic carbocycles. The van der Waals surface area contributed by atoms with Crippen LogP contribution >= 0.6 is 0 Å². The Morgan fingerprint density at radius 2 is 1.77 bits per heavy atom. The quantitative estimate of drug-likeness (QED) is 0.301. The van der Waals surface area contributed by atoms with Crippen molar-refractivity contribution in [3.05, 3.63) is 65.6 Å². The number of carbonyl (C=O) groups is 2. The molecule has 2 saturated heterocycles. The molecule has 250 valence electrons. The molecule has 3 aromatic heterocycles. The van der Waals surface area contributed by atoms with E-state index in [0.717, 1.165) is 80.9 Å². The standard InChI is InChI=1S/C36H44N10O2/c1-41(2)35(48)31-17-25-18-38-36(40-33(25)46(31)26-7-4-5-8-26)39-32-12-11-27(19-37-32)44-15-13-43(14-16-44)20-24-21-45(22-24)30-10-6-9-28-29(30)23-42(3)34(28)47/h6,9-12,17-19,24,26H,4-5,7-8,13-16,20-23H2,1-3H3,(H,37,38,39,40). The summed E-state index contributed by atoms with van der Waals surface area (Å²) < 4.78 is 2.13. The fraction of sp³-hybridized carbons (Fsp3) is 0.472. The highest BCUT2D eigenvalue weighted by Crippen LogP contribution is 2.36. The van der Waals surface area contributed by atoms with Gasteiger partial charge in [0.05, 0.1) is 11.9 Å². The summed E-state index contributed by atoms with van der Waals surface area (Å²) in [4.78, 5) is 50.4. The zero-order chi connectivity index (χ0) is 32.9. The van der Waals surface area contributed by atoms with E-state index in [4.69, 9.17) is 9.97 Å². The van der Waals surface area contributed by atoms with Crippen molar-refractivity contribution in [2.45, 2.75) is 38.3 Å². The maximum absolute atomic E-state index is 13.0. The van der Waals surface area contributed by atoms with Gasteiger partial charge >= 0.3 is 0 Å². The number of hydrogen-bond acceptors (Lipinski definition) is 9. The molecule has 48 heavy (non-hydrogen) atoms. The van der Waals surface area contributed by atoms with Gasteiger partial charge in [-0.3, -0.25) is 14.5 Å². The van der Waals surface area contributed by atoms with Crippen LogP contribution in [-0.4, -0.2) is 113 Å². The third kappa shape index (κ3) is 5.61. The Hall–Kier alpha value is -4.71. The van der Waals surface area contributed by atoms with Gasteiger partial charge in [-0.05, 0) is 43.2 Å². The number of amides is 2. The molecule has 12 heteroatoms. The van der Waals surface area contributed by atoms with Crippen LogP contribution in [0.2, 0.25) is 0 Å². The molecule has 0 atom stereocenters. The van der Waals surface area contributed by atoms with E-state index >= 15 is 0 Å². The summed E-state index contributed by atoms with van der Waals surface area (Å²) in [5.41, 5.74) is 5.86. The molecule has 1 N–H and O–H groups in total. The maximum Gasteiger partial charge on any atom is 0.270 e. The molecule has 2 amide bonds. The van der Waals surface area contributed by atoms with E-state index in [0.29, 0.717) is 29.9 Å². The number of fused-ring (bicyclic) bond motifs is 2. The molecule has 8 rings (SSSR count). The second kappa shape index (κ2) is 12.4. The zero-order valence-electron chi connectivity index (χ0n) is 28.1. The van der Waals surface area contributed by atoms with E-state index in [1.54, 1.807) is 30.1 Å². The van der Waals surface area contributed by atoms with Crippen LogP contribution in [0.5, 0.6) is 0 Å². The molecular weight excluding hydrogens is 604 g/mol. The van der Waals surface area contributed by atoms with Crippen LogP contribution < -0.4 is 15.1 Å². The number of nitrogens with zero attached hydrogens (tertiary/aromatic N) is 9. The number of carbonyl (C=O) groups excluding carboxylic acids is 2. The highest BCUT2D eigenvalue weighted by molar-refractivity contribution is 6.00. The van der Waals surface area contributed by atoms with Crippen LogP contribution in [0.15, 0.2) is 48.8 Å². The molecule has 3 aliphatic heterocycles. The first kappa shape index (κ1) is 30.6. The number of aromatic nitrogens is 4. The average molecular weight is 649 g/mol. The summed E-state index contributed by atoms with van der Waals surface area (Å²) in [6.07, 6.45) is 8.17. The van der Waals surface area contributed by atoms with Crippen molar-refractivity contribution in [3.8, 4) is 0 Å². The van der Waals surface area contributed by atoms with E-state index in [9.17, 15) is 9.59 Å². The van der Waals surface area contributed by atoms with Gasteiger partial charge in [0.1, 0.15) is 17.2 Å². The van der Waals surface area contributed by atoms with Gasteiger partial charge in [-0.1, -0.05) is 18.9 Å². The molecule has 1 aromatic carbocycles. The molecule has 4 aliphatic rings. The molecule has 0 spiro atoms. The van der Waals surface area contributed by atoms with Gasteiger partial charge < -0.3 is 29.5 Å². The SMILES string of the molecule is CN(C)C(=O)c1cc2cnc(Nc3ccc(N4CCN(CC5CN(c6cccc7c6CN(C)C7=O)C5)CC4)cn3)nc2n1C1CCCC1. The predicted octanol–water partition coefficient (Wildman–Crippen LogP) is 4.23. The summed E-state index contributed by atoms with van der Waals surface area (Å²) in [6, 6.07) is 12.4. The summed E-state index contributed by atoms with van der Waals surface area (Å²) in [5, 5.41) is 4.16. The Morgan fingerprint density at radius 3 is 2.50 bits per heavy atom. The van der Waals surface area contributed by atoms with E-state index in [2.05, 4.69) is 41.7 Å². The summed E-state index contributed by atoms with van der Waals surface area (Å²) in [5.74, 6) is 1.94. The van der Waals surface area contributed by atoms with Crippen molar-refractivity contribution in [2.75, 3.05) is 82.1 Å². The van der Waals surface area contributed by atoms with E-state index in [-0.39, 0.29) is 17.9 Å². The fourth-order valence-corrected chi connectivity index (χ4v) is 7.94. The molecular formula is C36H44N10O2. The van der Waals surface area contributed by atoms with E-state index < -0.39 is 0 Å². The Balaban J connectivity index is 0.861. The van der Waals surface area contributed by atoms with Crippen LogP contribution in [0.3, 0.4) is 0 Å². The Kier molecular flexibility index (Phi) is 7.90. The smallest absolute Gasteiger partial charge is 0.270 e. The van der Waals surface area contributed by atoms with Gasteiger partial charge in [-0.15, -0.1) is 0 Å². The van der Waals surface area contributed by atoms with Gasteiger partial charge in [-0.2, -0.15) is 4.98 Å². The predicted molar refractivity (Wildman–Crippen MR) is 187 cm³/mol. The van der Waals surface area contributed by atoms with Crippen molar-refractivity contribution in [1.29, 1.82) is 0 Å². The van der Waals surface area contributed by atoms with Crippen molar-refractivity contribution in [3.63, 3.8) is 0 Å². The second-order valence-electron chi connectivity index (χ2n) is 14.1. The minimum absolute atomic E-state index is 0.0131. The lowest BCUT2D eigenvalue weighted by Crippen LogP contribution is -2.55. The lowest BCUT2D eigenvalue weighted by atomic mass is 9.96. The lowest BCUT2D eigenvalue weighted by Gasteiger charge is -2.45. The number of pyridine rings is 1. The number of nitrogens with one attached hydrogen (secondary N) is 1. The topological polar surface area (TPSA) is 106 Å². The molecule has 12 nitrogen and oxygen atoms in total. The van der Waals surface area contributed by atoms with Crippen molar-refractivity contribution in [2.24, 2.45) is 5.92 Å². The van der Waals surface area contributed by atoms with Crippen molar-refractivity contribution >= 4 is 46.0 Å². The molecule has 0 bridgehead atoms. The largest absolute Gasteiger partial charge is 0.370 e. The normalized spacial score (nSPS) is 18.9. The lowest BCUT2D eigenvalue weighted by molar-refractivity contribution is 0.0809. The molecule has 4 aromatic rings. The highest BCUT2D eigenvalue weighted by atomic mass is 16.2. The second-order valence-corrected chi connectivity index (χ2v) is 14.1. The van der Waals surface area contributed by atoms with Crippen LogP contribution in [0.1, 0.15) is 58.1 Å². The molecule has 3 fully saturated rings. The number of anilines is 4. The zero-order valence-corrected chi connectivity index (χ0v) is 28.1. The van der Waals surface area contributed by atoms with Gasteiger partial charge in [0.15, 0.2) is 0 Å². The van der Waals surface area contributed by atoms with Crippen LogP contribution in [0.25, 0.3) is 11.0 Å². The van der Waals surface area contributed by atoms with E-state index in [1.807, 2.05) is 37.5 Å². The minimum Gasteiger partial charge on any atom is -0.370 e. The third-order valence-electron chi connectivity index (χ3n) is 10.6. The highest BCUT2D eigenvalue weighted by Gasteiger charge is 2.34. The monoisotopic (exact) mass is 648 g/mol. The summed E-state index contributed by atoms with van der Waals surface area (Å²) in [7, 11) is 5.46. The van der Waals surface area contributed by atoms with E-state index in [1.165, 1.54) is 24.1 Å². The van der Waals surface area contributed by atoms with Crippen molar-refractivity contribution < 1.29 is 9.59 Å². The molecule has 0 radical (unpaired) electrons. The van der Waals surface area contributed by atoms with Gasteiger partial charge in [0, 0.05) is 114 Å². The van der Waals surface area contributed by atoms with Crippen LogP contribution in [0, 0.1) is 5.92 Å². The Labute approximate surface area is 281 Å². The molecule has 6 heterocycles. The maximum atomic E-state index is 13.0. The third-order valence-corrected chi connectivity index (χ3v) is 10.6. The first-order chi connectivity index (χ1) is 23.3. The van der Waals surface area contributed by atoms with Gasteiger partial charge in [0.25, 0.3) is 11.8 Å². The average Bonchev–Trinajstić information content (AvgIpc) is 3.81. The molecule has 1 saturated carbocycles. The summed E-state index contributed by atoms with van der Waals surface area (Å²) in [6.45, 7) is 7.91. The first-order valence-electron chi connectivity index (χ1n) is 17.2. The Bertz CT molecular complexity index is 1830. The van der Waals surface area contributed by atoms with Crippen LogP contribution in [0.4, 0.5) is 23.1 Å². The van der Waals surface area contributed by atoms with Gasteiger partial charge in [-0.25, -0.2) is 9.97 Å².